The van der Waals surface area contributed by atoms with Gasteiger partial charge in [-0.1, -0.05) is 6.92 Å². The van der Waals surface area contributed by atoms with Gasteiger partial charge in [-0.3, -0.25) is 14.7 Å². The topological polar surface area (TPSA) is 54.4 Å². The molecule has 0 aliphatic carbocycles. The van der Waals surface area contributed by atoms with Gasteiger partial charge in [-0.2, -0.15) is 0 Å². The predicted octanol–water partition coefficient (Wildman–Crippen LogP) is 1.31. The van der Waals surface area contributed by atoms with Gasteiger partial charge in [0.1, 0.15) is 0 Å². The van der Waals surface area contributed by atoms with E-state index in [-0.39, 0.29) is 6.04 Å². The molecule has 1 N–H and O–H groups in total. The number of rotatable bonds is 6. The Morgan fingerprint density at radius 2 is 1.76 bits per heavy atom. The summed E-state index contributed by atoms with van der Waals surface area (Å²) < 4.78 is 0. The molecule has 3 saturated heterocycles. The second kappa shape index (κ2) is 11.2. The van der Waals surface area contributed by atoms with E-state index >= 15 is 0 Å². The highest BCUT2D eigenvalue weighted by Crippen LogP contribution is 2.15. The molecular formula is C22H42N6O. The maximum absolute atomic E-state index is 12.7. The van der Waals surface area contributed by atoms with Gasteiger partial charge in [-0.05, 0) is 52.0 Å². The van der Waals surface area contributed by atoms with Crippen LogP contribution in [0.5, 0.6) is 0 Å². The lowest BCUT2D eigenvalue weighted by Crippen LogP contribution is -2.57. The van der Waals surface area contributed by atoms with Gasteiger partial charge in [-0.15, -0.1) is 0 Å². The number of carbonyl (C=O) groups excluding carboxylic acids is 1. The third-order valence-corrected chi connectivity index (χ3v) is 6.69. The number of guanidine groups is 1. The van der Waals surface area contributed by atoms with Crippen molar-refractivity contribution in [3.63, 3.8) is 0 Å². The summed E-state index contributed by atoms with van der Waals surface area (Å²) >= 11 is 0. The lowest BCUT2D eigenvalue weighted by molar-refractivity contribution is -0.135. The summed E-state index contributed by atoms with van der Waals surface area (Å²) in [4.78, 5) is 26.9. The van der Waals surface area contributed by atoms with Crippen LogP contribution in [0, 0.1) is 5.92 Å². The summed E-state index contributed by atoms with van der Waals surface area (Å²) in [5, 5.41) is 3.47. The zero-order chi connectivity index (χ0) is 20.6. The third kappa shape index (κ3) is 6.32. The largest absolute Gasteiger partial charge is 0.357 e. The molecule has 7 nitrogen and oxygen atoms in total. The van der Waals surface area contributed by atoms with Gasteiger partial charge in [0.05, 0.1) is 12.6 Å². The smallest absolute Gasteiger partial charge is 0.239 e. The van der Waals surface area contributed by atoms with Crippen LogP contribution in [0.2, 0.25) is 0 Å². The molecule has 3 aliphatic heterocycles. The Kier molecular flexibility index (Phi) is 8.60. The predicted molar refractivity (Wildman–Crippen MR) is 119 cm³/mol. The van der Waals surface area contributed by atoms with Crippen molar-refractivity contribution >= 4 is 11.9 Å². The number of likely N-dealkylation sites (tertiary alicyclic amines) is 2. The monoisotopic (exact) mass is 406 g/mol. The van der Waals surface area contributed by atoms with E-state index in [2.05, 4.69) is 40.8 Å². The molecule has 29 heavy (non-hydrogen) atoms. The lowest BCUT2D eigenvalue weighted by atomic mass is 10.0. The molecule has 3 fully saturated rings. The van der Waals surface area contributed by atoms with E-state index in [4.69, 9.17) is 4.99 Å². The van der Waals surface area contributed by atoms with Crippen LogP contribution in [-0.2, 0) is 4.79 Å². The van der Waals surface area contributed by atoms with Crippen LogP contribution in [0.3, 0.4) is 0 Å². The maximum atomic E-state index is 12.7. The molecule has 166 valence electrons. The summed E-state index contributed by atoms with van der Waals surface area (Å²) in [6.07, 6.45) is 5.00. The van der Waals surface area contributed by atoms with Gasteiger partial charge in [0, 0.05) is 58.9 Å². The third-order valence-electron chi connectivity index (χ3n) is 6.69. The maximum Gasteiger partial charge on any atom is 0.239 e. The summed E-state index contributed by atoms with van der Waals surface area (Å²) in [5.41, 5.74) is 0. The summed E-state index contributed by atoms with van der Waals surface area (Å²) in [5.74, 6) is 2.17. The second-order valence-electron chi connectivity index (χ2n) is 9.02. The highest BCUT2D eigenvalue weighted by atomic mass is 16.2. The highest BCUT2D eigenvalue weighted by molar-refractivity contribution is 5.82. The number of amides is 1. The number of hydrogen-bond donors (Lipinski definition) is 1. The van der Waals surface area contributed by atoms with Crippen molar-refractivity contribution in [3.8, 4) is 0 Å². The van der Waals surface area contributed by atoms with Gasteiger partial charge in [0.15, 0.2) is 5.96 Å². The van der Waals surface area contributed by atoms with Crippen LogP contribution in [0.1, 0.15) is 46.5 Å². The van der Waals surface area contributed by atoms with Crippen molar-refractivity contribution in [3.05, 3.63) is 0 Å². The Labute approximate surface area is 177 Å². The number of nitrogens with zero attached hydrogens (tertiary/aromatic N) is 5. The van der Waals surface area contributed by atoms with Gasteiger partial charge < -0.3 is 20.0 Å². The van der Waals surface area contributed by atoms with Crippen LogP contribution in [0.4, 0.5) is 0 Å². The molecule has 0 aromatic heterocycles. The van der Waals surface area contributed by atoms with Crippen LogP contribution < -0.4 is 5.32 Å². The Balaban J connectivity index is 1.46. The molecule has 0 saturated carbocycles. The van der Waals surface area contributed by atoms with E-state index < -0.39 is 0 Å². The number of hydrogen-bond acceptors (Lipinski definition) is 4. The quantitative estimate of drug-likeness (QED) is 0.533. The van der Waals surface area contributed by atoms with Gasteiger partial charge in [-0.25, -0.2) is 0 Å². The molecular weight excluding hydrogens is 364 g/mol. The molecule has 0 bridgehead atoms. The Hall–Kier alpha value is -1.34. The van der Waals surface area contributed by atoms with Gasteiger partial charge in [0.25, 0.3) is 0 Å². The molecule has 0 spiro atoms. The Morgan fingerprint density at radius 3 is 2.41 bits per heavy atom. The summed E-state index contributed by atoms with van der Waals surface area (Å²) in [6.45, 7) is 17.4. The first kappa shape index (κ1) is 22.3. The van der Waals surface area contributed by atoms with Crippen molar-refractivity contribution in [1.29, 1.82) is 0 Å². The lowest BCUT2D eigenvalue weighted by Gasteiger charge is -2.39. The SMILES string of the molecule is CCNC(=NCCN1CCCC(C)C1)N1CCN(C(C)C(=O)N2CCCC2)CC1. The Morgan fingerprint density at radius 1 is 1.03 bits per heavy atom. The number of carbonyl (C=O) groups is 1. The molecule has 2 atom stereocenters. The van der Waals surface area contributed by atoms with Crippen LogP contribution in [0.15, 0.2) is 4.99 Å². The van der Waals surface area contributed by atoms with Gasteiger partial charge >= 0.3 is 0 Å². The minimum absolute atomic E-state index is 0.00383. The van der Waals surface area contributed by atoms with Crippen molar-refractivity contribution < 1.29 is 4.79 Å². The second-order valence-corrected chi connectivity index (χ2v) is 9.02. The molecule has 1 amide bonds. The first-order valence-electron chi connectivity index (χ1n) is 11.9. The fourth-order valence-corrected chi connectivity index (χ4v) is 4.89. The van der Waals surface area contributed by atoms with Crippen LogP contribution in [0.25, 0.3) is 0 Å². The number of nitrogens with one attached hydrogen (secondary N) is 1. The molecule has 0 aromatic rings. The average molecular weight is 407 g/mol. The van der Waals surface area contributed by atoms with E-state index in [1.165, 1.54) is 25.9 Å². The van der Waals surface area contributed by atoms with Crippen LogP contribution >= 0.6 is 0 Å². The van der Waals surface area contributed by atoms with Crippen molar-refractivity contribution in [2.75, 3.05) is 72.0 Å². The Bertz CT molecular complexity index is 539. The highest BCUT2D eigenvalue weighted by Gasteiger charge is 2.30. The number of aliphatic imine (C=N–C) groups is 1. The average Bonchev–Trinajstić information content (AvgIpc) is 3.27. The molecule has 3 heterocycles. The summed E-state index contributed by atoms with van der Waals surface area (Å²) in [7, 11) is 0. The van der Waals surface area contributed by atoms with E-state index in [9.17, 15) is 4.79 Å². The fraction of sp³-hybridized carbons (Fsp3) is 0.909. The van der Waals surface area contributed by atoms with E-state index in [0.29, 0.717) is 5.91 Å². The molecule has 3 aliphatic rings. The van der Waals surface area contributed by atoms with Gasteiger partial charge in [0.2, 0.25) is 5.91 Å². The minimum Gasteiger partial charge on any atom is -0.357 e. The first-order valence-corrected chi connectivity index (χ1v) is 11.9. The zero-order valence-electron chi connectivity index (χ0n) is 18.9. The molecule has 0 aromatic carbocycles. The van der Waals surface area contributed by atoms with E-state index in [0.717, 1.165) is 83.6 Å². The van der Waals surface area contributed by atoms with E-state index in [1.54, 1.807) is 0 Å². The standard InChI is InChI=1S/C22H42N6O/c1-4-23-22(24-9-13-25-10-7-8-19(2)18-25)28-16-14-26(15-17-28)20(3)21(29)27-11-5-6-12-27/h19-20H,4-18H2,1-3H3,(H,23,24). The molecule has 7 heteroatoms. The zero-order valence-corrected chi connectivity index (χ0v) is 18.9. The minimum atomic E-state index is -0.00383. The fourth-order valence-electron chi connectivity index (χ4n) is 4.89. The number of piperazine rings is 1. The summed E-state index contributed by atoms with van der Waals surface area (Å²) in [6, 6.07) is -0.00383. The van der Waals surface area contributed by atoms with Crippen molar-refractivity contribution in [2.45, 2.75) is 52.5 Å². The molecule has 3 rings (SSSR count). The molecule has 2 unspecified atom stereocenters. The molecule has 0 radical (unpaired) electrons. The number of piperidine rings is 1. The van der Waals surface area contributed by atoms with E-state index in [1.807, 2.05) is 4.90 Å². The van der Waals surface area contributed by atoms with Crippen molar-refractivity contribution in [1.82, 2.24) is 24.9 Å². The normalized spacial score (nSPS) is 26.0. The van der Waals surface area contributed by atoms with Crippen molar-refractivity contribution in [2.24, 2.45) is 10.9 Å². The first-order chi connectivity index (χ1) is 14.1. The van der Waals surface area contributed by atoms with Crippen LogP contribution in [-0.4, -0.2) is 110 Å².